The van der Waals surface area contributed by atoms with Gasteiger partial charge in [-0.2, -0.15) is 0 Å². The van der Waals surface area contributed by atoms with E-state index in [-0.39, 0.29) is 6.42 Å². The molecule has 0 aliphatic heterocycles. The van der Waals surface area contributed by atoms with Gasteiger partial charge in [-0.3, -0.25) is 9.59 Å². The molecule has 0 heterocycles. The SMILES string of the molecule is O=C(COC(=O)CCCOc1cccc(Br)c1)Nc1cccc(F)c1. The second-order valence-corrected chi connectivity index (χ2v) is 6.04. The number of benzene rings is 2. The van der Waals surface area contributed by atoms with E-state index in [1.54, 1.807) is 6.07 Å². The number of rotatable bonds is 8. The molecule has 0 aliphatic carbocycles. The monoisotopic (exact) mass is 409 g/mol. The average molecular weight is 410 g/mol. The predicted molar refractivity (Wildman–Crippen MR) is 94.9 cm³/mol. The van der Waals surface area contributed by atoms with E-state index in [9.17, 15) is 14.0 Å². The normalized spacial score (nSPS) is 10.2. The summed E-state index contributed by atoms with van der Waals surface area (Å²) in [5.41, 5.74) is 0.309. The zero-order chi connectivity index (χ0) is 18.1. The van der Waals surface area contributed by atoms with Crippen molar-refractivity contribution in [3.63, 3.8) is 0 Å². The van der Waals surface area contributed by atoms with Crippen molar-refractivity contribution < 1.29 is 23.5 Å². The van der Waals surface area contributed by atoms with E-state index >= 15 is 0 Å². The summed E-state index contributed by atoms with van der Waals surface area (Å²) in [6, 6.07) is 12.9. The quantitative estimate of drug-likeness (QED) is 0.529. The van der Waals surface area contributed by atoms with Crippen LogP contribution in [-0.4, -0.2) is 25.1 Å². The predicted octanol–water partition coefficient (Wildman–Crippen LogP) is 3.93. The van der Waals surface area contributed by atoms with Crippen molar-refractivity contribution >= 4 is 33.5 Å². The summed E-state index contributed by atoms with van der Waals surface area (Å²) in [5.74, 6) is -0.769. The maximum absolute atomic E-state index is 13.0. The Morgan fingerprint density at radius 3 is 2.68 bits per heavy atom. The Morgan fingerprint density at radius 2 is 1.92 bits per heavy atom. The largest absolute Gasteiger partial charge is 0.494 e. The molecule has 25 heavy (non-hydrogen) atoms. The first-order valence-corrected chi connectivity index (χ1v) is 8.41. The number of carbonyl (C=O) groups excluding carboxylic acids is 2. The molecule has 0 unspecified atom stereocenters. The van der Waals surface area contributed by atoms with Gasteiger partial charge in [0.1, 0.15) is 11.6 Å². The molecule has 132 valence electrons. The number of esters is 1. The van der Waals surface area contributed by atoms with Gasteiger partial charge in [-0.25, -0.2) is 4.39 Å². The molecular formula is C18H17BrFNO4. The van der Waals surface area contributed by atoms with Gasteiger partial charge in [-0.05, 0) is 42.8 Å². The Kier molecular flexibility index (Phi) is 7.40. The van der Waals surface area contributed by atoms with Gasteiger partial charge in [-0.15, -0.1) is 0 Å². The van der Waals surface area contributed by atoms with E-state index in [4.69, 9.17) is 9.47 Å². The fraction of sp³-hybridized carbons (Fsp3) is 0.222. The molecule has 0 fully saturated rings. The summed E-state index contributed by atoms with van der Waals surface area (Å²) < 4.78 is 24.3. The second kappa shape index (κ2) is 9.78. The molecule has 0 saturated heterocycles. The van der Waals surface area contributed by atoms with Crippen LogP contribution in [0.2, 0.25) is 0 Å². The third-order valence-electron chi connectivity index (χ3n) is 3.06. The number of halogens is 2. The summed E-state index contributed by atoms with van der Waals surface area (Å²) in [5, 5.41) is 2.45. The maximum atomic E-state index is 13.0. The number of hydrogen-bond donors (Lipinski definition) is 1. The number of hydrogen-bond acceptors (Lipinski definition) is 4. The highest BCUT2D eigenvalue weighted by Gasteiger charge is 2.08. The van der Waals surface area contributed by atoms with Crippen LogP contribution < -0.4 is 10.1 Å². The molecule has 0 atom stereocenters. The molecule has 2 aromatic carbocycles. The topological polar surface area (TPSA) is 64.6 Å². The lowest BCUT2D eigenvalue weighted by atomic mass is 10.3. The Bertz CT molecular complexity index is 739. The van der Waals surface area contributed by atoms with Gasteiger partial charge in [0.25, 0.3) is 5.91 Å². The number of ether oxygens (including phenoxy) is 2. The van der Waals surface area contributed by atoms with Crippen molar-refractivity contribution in [2.24, 2.45) is 0 Å². The number of carbonyl (C=O) groups is 2. The van der Waals surface area contributed by atoms with E-state index in [2.05, 4.69) is 21.2 Å². The molecule has 7 heteroatoms. The molecule has 1 amide bonds. The Labute approximate surface area is 153 Å². The summed E-state index contributed by atoms with van der Waals surface area (Å²) in [6.07, 6.45) is 0.609. The highest BCUT2D eigenvalue weighted by Crippen LogP contribution is 2.17. The molecule has 2 rings (SSSR count). The highest BCUT2D eigenvalue weighted by atomic mass is 79.9. The molecular weight excluding hydrogens is 393 g/mol. The van der Waals surface area contributed by atoms with Crippen molar-refractivity contribution in [1.29, 1.82) is 0 Å². The first-order chi connectivity index (χ1) is 12.0. The van der Waals surface area contributed by atoms with Crippen molar-refractivity contribution in [2.75, 3.05) is 18.5 Å². The molecule has 0 spiro atoms. The molecule has 0 aliphatic rings. The van der Waals surface area contributed by atoms with Gasteiger partial charge in [-0.1, -0.05) is 28.1 Å². The lowest BCUT2D eigenvalue weighted by Gasteiger charge is -2.08. The Hall–Kier alpha value is -2.41. The third kappa shape index (κ3) is 7.34. The van der Waals surface area contributed by atoms with Crippen molar-refractivity contribution in [1.82, 2.24) is 0 Å². The van der Waals surface area contributed by atoms with Crippen molar-refractivity contribution in [2.45, 2.75) is 12.8 Å². The van der Waals surface area contributed by atoms with E-state index in [1.807, 2.05) is 24.3 Å². The second-order valence-electron chi connectivity index (χ2n) is 5.13. The first kappa shape index (κ1) is 18.9. The number of anilines is 1. The molecule has 0 saturated carbocycles. The minimum atomic E-state index is -0.524. The lowest BCUT2D eigenvalue weighted by molar-refractivity contribution is -0.147. The van der Waals surface area contributed by atoms with Crippen LogP contribution in [0, 0.1) is 5.82 Å². The zero-order valence-corrected chi connectivity index (χ0v) is 14.9. The zero-order valence-electron chi connectivity index (χ0n) is 13.3. The van der Waals surface area contributed by atoms with Crippen LogP contribution in [0.25, 0.3) is 0 Å². The van der Waals surface area contributed by atoms with Crippen LogP contribution in [0.15, 0.2) is 53.0 Å². The minimum absolute atomic E-state index is 0.140. The van der Waals surface area contributed by atoms with E-state index < -0.39 is 24.3 Å². The summed E-state index contributed by atoms with van der Waals surface area (Å²) in [4.78, 5) is 23.2. The van der Waals surface area contributed by atoms with Gasteiger partial charge >= 0.3 is 5.97 Å². The molecule has 5 nitrogen and oxygen atoms in total. The fourth-order valence-electron chi connectivity index (χ4n) is 1.94. The van der Waals surface area contributed by atoms with Gasteiger partial charge < -0.3 is 14.8 Å². The van der Waals surface area contributed by atoms with Crippen LogP contribution in [0.3, 0.4) is 0 Å². The summed E-state index contributed by atoms with van der Waals surface area (Å²) in [7, 11) is 0. The molecule has 1 N–H and O–H groups in total. The summed E-state index contributed by atoms with van der Waals surface area (Å²) >= 11 is 3.34. The van der Waals surface area contributed by atoms with Crippen LogP contribution in [0.5, 0.6) is 5.75 Å². The fourth-order valence-corrected chi connectivity index (χ4v) is 2.32. The standard InChI is InChI=1S/C18H17BrFNO4/c19-13-4-1-7-16(10-13)24-9-3-8-18(23)25-12-17(22)21-15-6-2-5-14(20)11-15/h1-2,4-7,10-11H,3,8-9,12H2,(H,21,22). The summed E-state index contributed by atoms with van der Waals surface area (Å²) in [6.45, 7) is -0.0527. The number of nitrogens with one attached hydrogen (secondary N) is 1. The van der Waals surface area contributed by atoms with Gasteiger partial charge in [0, 0.05) is 16.6 Å². The van der Waals surface area contributed by atoms with Crippen LogP contribution in [-0.2, 0) is 14.3 Å². The van der Waals surface area contributed by atoms with Gasteiger partial charge in [0.15, 0.2) is 6.61 Å². The van der Waals surface area contributed by atoms with Crippen molar-refractivity contribution in [3.8, 4) is 5.75 Å². The molecule has 0 aromatic heterocycles. The smallest absolute Gasteiger partial charge is 0.306 e. The van der Waals surface area contributed by atoms with Crippen LogP contribution in [0.4, 0.5) is 10.1 Å². The Balaban J connectivity index is 1.61. The third-order valence-corrected chi connectivity index (χ3v) is 3.56. The lowest BCUT2D eigenvalue weighted by Crippen LogP contribution is -2.21. The van der Waals surface area contributed by atoms with E-state index in [1.165, 1.54) is 18.2 Å². The van der Waals surface area contributed by atoms with E-state index in [0.717, 1.165) is 4.47 Å². The average Bonchev–Trinajstić information content (AvgIpc) is 2.57. The van der Waals surface area contributed by atoms with Crippen molar-refractivity contribution in [3.05, 3.63) is 58.8 Å². The highest BCUT2D eigenvalue weighted by molar-refractivity contribution is 9.10. The maximum Gasteiger partial charge on any atom is 0.306 e. The van der Waals surface area contributed by atoms with Crippen LogP contribution in [0.1, 0.15) is 12.8 Å². The molecule has 2 aromatic rings. The first-order valence-electron chi connectivity index (χ1n) is 7.62. The Morgan fingerprint density at radius 1 is 1.12 bits per heavy atom. The van der Waals surface area contributed by atoms with E-state index in [0.29, 0.717) is 24.5 Å². The minimum Gasteiger partial charge on any atom is -0.494 e. The molecule has 0 bridgehead atoms. The van der Waals surface area contributed by atoms with Gasteiger partial charge in [0.05, 0.1) is 6.61 Å². The van der Waals surface area contributed by atoms with Gasteiger partial charge in [0.2, 0.25) is 0 Å². The number of amides is 1. The molecule has 0 radical (unpaired) electrons. The van der Waals surface area contributed by atoms with Crippen LogP contribution >= 0.6 is 15.9 Å².